The standard InChI is InChI=1S/C17H22N2O4/c1-7-22-15(20)12(9-18)8-13-10(2)11(3)14(19-13)16(21)23-17(4,5)6/h8,19H,7H2,1-6H3. The molecular formula is C17H22N2O4. The van der Waals surface area contributed by atoms with Crippen molar-refractivity contribution in [1.82, 2.24) is 4.98 Å². The Bertz CT molecular complexity index is 685. The zero-order chi connectivity index (χ0) is 17.8. The second-order valence-electron chi connectivity index (χ2n) is 6.06. The monoisotopic (exact) mass is 318 g/mol. The number of esters is 2. The number of carbonyl (C=O) groups is 2. The highest BCUT2D eigenvalue weighted by atomic mass is 16.6. The van der Waals surface area contributed by atoms with Crippen LogP contribution in [0.1, 0.15) is 55.0 Å². The van der Waals surface area contributed by atoms with Gasteiger partial charge in [-0.3, -0.25) is 0 Å². The predicted octanol–water partition coefficient (Wildman–Crippen LogP) is 3.06. The zero-order valence-corrected chi connectivity index (χ0v) is 14.4. The maximum absolute atomic E-state index is 12.2. The molecular weight excluding hydrogens is 296 g/mol. The van der Waals surface area contributed by atoms with Crippen LogP contribution in [-0.4, -0.2) is 29.1 Å². The van der Waals surface area contributed by atoms with Crippen molar-refractivity contribution in [2.75, 3.05) is 6.61 Å². The van der Waals surface area contributed by atoms with Gasteiger partial charge in [0, 0.05) is 5.69 Å². The van der Waals surface area contributed by atoms with Crippen molar-refractivity contribution in [3.8, 4) is 6.07 Å². The van der Waals surface area contributed by atoms with Crippen molar-refractivity contribution in [2.24, 2.45) is 0 Å². The Morgan fingerprint density at radius 2 is 1.87 bits per heavy atom. The van der Waals surface area contributed by atoms with E-state index in [1.807, 2.05) is 6.07 Å². The fourth-order valence-corrected chi connectivity index (χ4v) is 1.88. The number of nitrogens with one attached hydrogen (secondary N) is 1. The lowest BCUT2D eigenvalue weighted by Crippen LogP contribution is -2.24. The third kappa shape index (κ3) is 4.71. The van der Waals surface area contributed by atoms with Crippen molar-refractivity contribution in [3.63, 3.8) is 0 Å². The Kier molecular flexibility index (Phi) is 5.74. The molecule has 0 aliphatic carbocycles. The number of aromatic nitrogens is 1. The lowest BCUT2D eigenvalue weighted by Gasteiger charge is -2.19. The molecule has 0 saturated heterocycles. The summed E-state index contributed by atoms with van der Waals surface area (Å²) in [4.78, 5) is 26.8. The third-order valence-corrected chi connectivity index (χ3v) is 3.11. The highest BCUT2D eigenvalue weighted by Crippen LogP contribution is 2.22. The molecule has 0 aliphatic heterocycles. The topological polar surface area (TPSA) is 92.2 Å². The maximum Gasteiger partial charge on any atom is 0.355 e. The minimum atomic E-state index is -0.694. The molecule has 0 unspecified atom stereocenters. The van der Waals surface area contributed by atoms with Gasteiger partial charge in [0.15, 0.2) is 0 Å². The number of ether oxygens (including phenoxy) is 2. The number of rotatable bonds is 4. The summed E-state index contributed by atoms with van der Waals surface area (Å²) in [6.45, 7) is 10.8. The highest BCUT2D eigenvalue weighted by Gasteiger charge is 2.23. The summed E-state index contributed by atoms with van der Waals surface area (Å²) in [6.07, 6.45) is 1.38. The largest absolute Gasteiger partial charge is 0.462 e. The van der Waals surface area contributed by atoms with Crippen molar-refractivity contribution in [1.29, 1.82) is 5.26 Å². The van der Waals surface area contributed by atoms with E-state index in [4.69, 9.17) is 14.7 Å². The predicted molar refractivity (Wildman–Crippen MR) is 85.7 cm³/mol. The molecule has 0 aliphatic rings. The molecule has 1 N–H and O–H groups in total. The fourth-order valence-electron chi connectivity index (χ4n) is 1.88. The minimum Gasteiger partial charge on any atom is -0.462 e. The molecule has 0 atom stereocenters. The molecule has 124 valence electrons. The molecule has 0 amide bonds. The van der Waals surface area contributed by atoms with Gasteiger partial charge in [-0.05, 0) is 58.7 Å². The number of carbonyl (C=O) groups excluding carboxylic acids is 2. The molecule has 23 heavy (non-hydrogen) atoms. The van der Waals surface area contributed by atoms with Gasteiger partial charge in [-0.25, -0.2) is 9.59 Å². The zero-order valence-electron chi connectivity index (χ0n) is 14.4. The summed E-state index contributed by atoms with van der Waals surface area (Å²) < 4.78 is 10.2. The van der Waals surface area contributed by atoms with E-state index in [0.717, 1.165) is 5.56 Å². The first-order valence-electron chi connectivity index (χ1n) is 7.32. The summed E-state index contributed by atoms with van der Waals surface area (Å²) in [6, 6.07) is 1.81. The summed E-state index contributed by atoms with van der Waals surface area (Å²) in [5.74, 6) is -1.17. The first-order chi connectivity index (χ1) is 10.6. The fraction of sp³-hybridized carbons (Fsp3) is 0.471. The number of aromatic amines is 1. The lowest BCUT2D eigenvalue weighted by atomic mass is 10.1. The molecule has 0 bridgehead atoms. The number of hydrogen-bond donors (Lipinski definition) is 1. The van der Waals surface area contributed by atoms with Gasteiger partial charge in [0.05, 0.1) is 6.61 Å². The van der Waals surface area contributed by atoms with Crippen LogP contribution in [-0.2, 0) is 14.3 Å². The molecule has 0 saturated carbocycles. The Morgan fingerprint density at radius 3 is 2.35 bits per heavy atom. The van der Waals surface area contributed by atoms with E-state index >= 15 is 0 Å². The molecule has 1 heterocycles. The molecule has 6 nitrogen and oxygen atoms in total. The quantitative estimate of drug-likeness (QED) is 0.523. The van der Waals surface area contributed by atoms with Crippen LogP contribution in [0.4, 0.5) is 0 Å². The number of nitriles is 1. The van der Waals surface area contributed by atoms with Crippen LogP contribution in [0.5, 0.6) is 0 Å². The minimum absolute atomic E-state index is 0.132. The highest BCUT2D eigenvalue weighted by molar-refractivity contribution is 5.98. The average molecular weight is 318 g/mol. The molecule has 1 aromatic heterocycles. The van der Waals surface area contributed by atoms with E-state index in [1.165, 1.54) is 6.08 Å². The average Bonchev–Trinajstić information content (AvgIpc) is 2.71. The summed E-state index contributed by atoms with van der Waals surface area (Å²) in [7, 11) is 0. The first kappa shape index (κ1) is 18.5. The van der Waals surface area contributed by atoms with E-state index in [-0.39, 0.29) is 12.2 Å². The summed E-state index contributed by atoms with van der Waals surface area (Å²) in [5, 5.41) is 9.09. The molecule has 0 aromatic carbocycles. The van der Waals surface area contributed by atoms with Crippen LogP contribution in [0.25, 0.3) is 6.08 Å². The van der Waals surface area contributed by atoms with Gasteiger partial charge in [-0.2, -0.15) is 5.26 Å². The Morgan fingerprint density at radius 1 is 1.26 bits per heavy atom. The smallest absolute Gasteiger partial charge is 0.355 e. The van der Waals surface area contributed by atoms with Gasteiger partial charge in [-0.15, -0.1) is 0 Å². The molecule has 1 aromatic rings. The second kappa shape index (κ2) is 7.14. The summed E-state index contributed by atoms with van der Waals surface area (Å²) >= 11 is 0. The van der Waals surface area contributed by atoms with E-state index in [9.17, 15) is 9.59 Å². The molecule has 1 rings (SSSR count). The van der Waals surface area contributed by atoms with Crippen LogP contribution >= 0.6 is 0 Å². The van der Waals surface area contributed by atoms with Crippen LogP contribution in [0.15, 0.2) is 5.57 Å². The van der Waals surface area contributed by atoms with E-state index in [1.54, 1.807) is 41.5 Å². The number of hydrogen-bond acceptors (Lipinski definition) is 5. The lowest BCUT2D eigenvalue weighted by molar-refractivity contribution is -0.137. The first-order valence-corrected chi connectivity index (χ1v) is 7.32. The van der Waals surface area contributed by atoms with Crippen molar-refractivity contribution in [3.05, 3.63) is 28.1 Å². The van der Waals surface area contributed by atoms with Crippen LogP contribution in [0.3, 0.4) is 0 Å². The second-order valence-corrected chi connectivity index (χ2v) is 6.06. The Hall–Kier alpha value is -2.55. The van der Waals surface area contributed by atoms with Crippen molar-refractivity contribution in [2.45, 2.75) is 47.1 Å². The van der Waals surface area contributed by atoms with Gasteiger partial charge >= 0.3 is 11.9 Å². The van der Waals surface area contributed by atoms with Crippen LogP contribution < -0.4 is 0 Å². The molecule has 0 radical (unpaired) electrons. The Labute approximate surface area is 136 Å². The van der Waals surface area contributed by atoms with E-state index in [0.29, 0.717) is 17.0 Å². The van der Waals surface area contributed by atoms with Gasteiger partial charge in [0.25, 0.3) is 0 Å². The van der Waals surface area contributed by atoms with E-state index in [2.05, 4.69) is 4.98 Å². The van der Waals surface area contributed by atoms with Crippen LogP contribution in [0, 0.1) is 25.2 Å². The van der Waals surface area contributed by atoms with Crippen LogP contribution in [0.2, 0.25) is 0 Å². The molecule has 6 heteroatoms. The van der Waals surface area contributed by atoms with E-state index < -0.39 is 17.5 Å². The van der Waals surface area contributed by atoms with Gasteiger partial charge in [0.1, 0.15) is 22.9 Å². The van der Waals surface area contributed by atoms with Gasteiger partial charge in [-0.1, -0.05) is 0 Å². The number of H-pyrrole nitrogens is 1. The normalized spacial score (nSPS) is 11.8. The third-order valence-electron chi connectivity index (χ3n) is 3.11. The molecule has 0 spiro atoms. The Balaban J connectivity index is 3.21. The number of nitrogens with zero attached hydrogens (tertiary/aromatic N) is 1. The van der Waals surface area contributed by atoms with Gasteiger partial charge < -0.3 is 14.5 Å². The summed E-state index contributed by atoms with van der Waals surface area (Å²) in [5.41, 5.74) is 1.56. The van der Waals surface area contributed by atoms with Crippen molar-refractivity contribution >= 4 is 18.0 Å². The SMILES string of the molecule is CCOC(=O)C(C#N)=Cc1[nH]c(C(=O)OC(C)(C)C)c(C)c1C. The maximum atomic E-state index is 12.2. The van der Waals surface area contributed by atoms with Gasteiger partial charge in [0.2, 0.25) is 0 Å². The molecule has 0 fully saturated rings. The van der Waals surface area contributed by atoms with Crippen molar-refractivity contribution < 1.29 is 19.1 Å².